The number of nitrogens with one attached hydrogen (secondary N) is 1. The van der Waals surface area contributed by atoms with E-state index in [2.05, 4.69) is 0 Å². The van der Waals surface area contributed by atoms with Gasteiger partial charge in [0.2, 0.25) is 5.76 Å². The Morgan fingerprint density at radius 1 is 1.00 bits per heavy atom. The second kappa shape index (κ2) is 7.68. The fourth-order valence-corrected chi connectivity index (χ4v) is 2.82. The van der Waals surface area contributed by atoms with Crippen molar-refractivity contribution in [3.63, 3.8) is 0 Å². The zero-order valence-electron chi connectivity index (χ0n) is 16.2. The van der Waals surface area contributed by atoms with Crippen molar-refractivity contribution in [2.24, 2.45) is 0 Å². The van der Waals surface area contributed by atoms with Crippen LogP contribution < -0.4 is 5.32 Å². The van der Waals surface area contributed by atoms with E-state index in [1.165, 1.54) is 12.1 Å². The number of halogens is 4. The molecule has 0 bridgehead atoms. The molecule has 0 aliphatic heterocycles. The Labute approximate surface area is 174 Å². The molecule has 3 aromatic rings. The predicted molar refractivity (Wildman–Crippen MR) is 107 cm³/mol. The number of furan rings is 1. The fraction of sp³-hybridized carbons (Fsp3) is 0.238. The molecule has 158 valence electrons. The molecule has 1 amide bonds. The van der Waals surface area contributed by atoms with Crippen molar-refractivity contribution >= 4 is 40.1 Å². The van der Waals surface area contributed by atoms with Gasteiger partial charge in [-0.2, -0.15) is 13.2 Å². The van der Waals surface area contributed by atoms with Crippen LogP contribution in [-0.2, 0) is 9.53 Å². The maximum absolute atomic E-state index is 12.9. The molecule has 0 fully saturated rings. The highest BCUT2D eigenvalue weighted by atomic mass is 35.5. The summed E-state index contributed by atoms with van der Waals surface area (Å²) < 4.78 is 49.2. The van der Waals surface area contributed by atoms with Gasteiger partial charge in [0.1, 0.15) is 16.9 Å². The number of esters is 1. The van der Waals surface area contributed by atoms with E-state index in [0.717, 1.165) is 5.56 Å². The molecule has 1 N–H and O–H groups in total. The van der Waals surface area contributed by atoms with E-state index in [-0.39, 0.29) is 11.0 Å². The van der Waals surface area contributed by atoms with E-state index < -0.39 is 35.1 Å². The van der Waals surface area contributed by atoms with Crippen molar-refractivity contribution in [1.29, 1.82) is 0 Å². The van der Waals surface area contributed by atoms with Crippen LogP contribution in [-0.4, -0.2) is 23.7 Å². The van der Waals surface area contributed by atoms with Gasteiger partial charge in [-0.15, -0.1) is 0 Å². The van der Waals surface area contributed by atoms with E-state index in [1.807, 2.05) is 0 Å². The number of ether oxygens (including phenoxy) is 1. The van der Waals surface area contributed by atoms with Crippen LogP contribution in [0, 0.1) is 0 Å². The van der Waals surface area contributed by atoms with Gasteiger partial charge < -0.3 is 14.5 Å². The van der Waals surface area contributed by atoms with Crippen LogP contribution in [0.5, 0.6) is 0 Å². The first-order chi connectivity index (χ1) is 13.8. The first kappa shape index (κ1) is 21.7. The largest absolute Gasteiger partial charge is 0.471 e. The fourth-order valence-electron chi connectivity index (χ4n) is 2.70. The summed E-state index contributed by atoms with van der Waals surface area (Å²) in [7, 11) is 0. The first-order valence-corrected chi connectivity index (χ1v) is 9.17. The lowest BCUT2D eigenvalue weighted by Gasteiger charge is -2.19. The van der Waals surface area contributed by atoms with Gasteiger partial charge in [-0.05, 0) is 56.2 Å². The van der Waals surface area contributed by atoms with Gasteiger partial charge >= 0.3 is 18.1 Å². The van der Waals surface area contributed by atoms with Crippen LogP contribution in [0.3, 0.4) is 0 Å². The molecule has 0 spiro atoms. The second-order valence-corrected chi connectivity index (χ2v) is 7.91. The SMILES string of the molecule is CC(C)(C)OC(=O)c1oc2ccc(-c3ccc(Cl)cc3)cc2c1NC(=O)C(F)(F)F. The third-order valence-corrected chi connectivity index (χ3v) is 4.20. The lowest BCUT2D eigenvalue weighted by molar-refractivity contribution is -0.167. The van der Waals surface area contributed by atoms with Gasteiger partial charge in [0, 0.05) is 10.4 Å². The molecule has 1 heterocycles. The monoisotopic (exact) mass is 439 g/mol. The second-order valence-electron chi connectivity index (χ2n) is 7.48. The molecule has 0 saturated heterocycles. The van der Waals surface area contributed by atoms with Crippen molar-refractivity contribution < 1.29 is 31.9 Å². The van der Waals surface area contributed by atoms with Gasteiger partial charge in [0.15, 0.2) is 0 Å². The van der Waals surface area contributed by atoms with E-state index in [4.69, 9.17) is 20.8 Å². The van der Waals surface area contributed by atoms with E-state index in [1.54, 1.807) is 56.4 Å². The number of benzene rings is 2. The summed E-state index contributed by atoms with van der Waals surface area (Å²) in [5.41, 5.74) is 0.145. The highest BCUT2D eigenvalue weighted by Crippen LogP contribution is 2.36. The lowest BCUT2D eigenvalue weighted by atomic mass is 10.0. The average Bonchev–Trinajstić information content (AvgIpc) is 2.98. The third kappa shape index (κ3) is 4.76. The molecule has 30 heavy (non-hydrogen) atoms. The molecule has 0 aliphatic carbocycles. The number of alkyl halides is 3. The number of anilines is 1. The molecule has 2 aromatic carbocycles. The summed E-state index contributed by atoms with van der Waals surface area (Å²) >= 11 is 5.89. The Bertz CT molecular complexity index is 1110. The number of fused-ring (bicyclic) bond motifs is 1. The quantitative estimate of drug-likeness (QED) is 0.493. The summed E-state index contributed by atoms with van der Waals surface area (Å²) in [5, 5.41) is 2.40. The molecular weight excluding hydrogens is 423 g/mol. The summed E-state index contributed by atoms with van der Waals surface area (Å²) in [6.45, 7) is 4.79. The molecule has 0 atom stereocenters. The Hall–Kier alpha value is -3.00. The first-order valence-electron chi connectivity index (χ1n) is 8.79. The summed E-state index contributed by atoms with van der Waals surface area (Å²) in [6, 6.07) is 11.5. The summed E-state index contributed by atoms with van der Waals surface area (Å²) in [6.07, 6.45) is -5.15. The van der Waals surface area contributed by atoms with E-state index in [0.29, 0.717) is 10.6 Å². The van der Waals surface area contributed by atoms with Gasteiger partial charge in [0.25, 0.3) is 0 Å². The zero-order valence-corrected chi connectivity index (χ0v) is 16.9. The average molecular weight is 440 g/mol. The van der Waals surface area contributed by atoms with Crippen LogP contribution in [0.25, 0.3) is 22.1 Å². The van der Waals surface area contributed by atoms with Crippen LogP contribution in [0.15, 0.2) is 46.9 Å². The van der Waals surface area contributed by atoms with Gasteiger partial charge in [0.05, 0.1) is 0 Å². The molecule has 0 aliphatic rings. The van der Waals surface area contributed by atoms with Crippen molar-refractivity contribution in [2.75, 3.05) is 5.32 Å². The minimum Gasteiger partial charge on any atom is -0.454 e. The van der Waals surface area contributed by atoms with Crippen LogP contribution in [0.1, 0.15) is 31.3 Å². The van der Waals surface area contributed by atoms with E-state index in [9.17, 15) is 22.8 Å². The maximum Gasteiger partial charge on any atom is 0.471 e. The van der Waals surface area contributed by atoms with Gasteiger partial charge in [-0.1, -0.05) is 29.8 Å². The maximum atomic E-state index is 12.9. The predicted octanol–water partition coefficient (Wildman–Crippen LogP) is 6.21. The molecule has 1 aromatic heterocycles. The number of hydrogen-bond donors (Lipinski definition) is 1. The van der Waals surface area contributed by atoms with Crippen molar-refractivity contribution in [1.82, 2.24) is 0 Å². The van der Waals surface area contributed by atoms with Crippen LogP contribution in [0.4, 0.5) is 18.9 Å². The standard InChI is InChI=1S/C21H17ClF3NO4/c1-20(2,3)30-18(27)17-16(26-19(28)21(23,24)25)14-10-12(6-9-15(14)29-17)11-4-7-13(22)8-5-11/h4-10H,1-3H3,(H,26,28). The Morgan fingerprint density at radius 3 is 2.17 bits per heavy atom. The topological polar surface area (TPSA) is 68.5 Å². The molecule has 9 heteroatoms. The molecule has 5 nitrogen and oxygen atoms in total. The Kier molecular flexibility index (Phi) is 5.56. The van der Waals surface area contributed by atoms with Crippen molar-refractivity contribution in [2.45, 2.75) is 32.5 Å². The lowest BCUT2D eigenvalue weighted by Crippen LogP contribution is -2.31. The Balaban J connectivity index is 2.15. The number of hydrogen-bond acceptors (Lipinski definition) is 4. The zero-order chi connectivity index (χ0) is 22.3. The number of amides is 1. The molecule has 0 saturated carbocycles. The molecule has 0 unspecified atom stereocenters. The Morgan fingerprint density at radius 2 is 1.60 bits per heavy atom. The summed E-state index contributed by atoms with van der Waals surface area (Å²) in [5.74, 6) is -3.75. The highest BCUT2D eigenvalue weighted by Gasteiger charge is 2.40. The van der Waals surface area contributed by atoms with Gasteiger partial charge in [-0.3, -0.25) is 4.79 Å². The highest BCUT2D eigenvalue weighted by molar-refractivity contribution is 6.30. The molecule has 3 rings (SSSR count). The third-order valence-electron chi connectivity index (χ3n) is 3.95. The van der Waals surface area contributed by atoms with Crippen LogP contribution >= 0.6 is 11.6 Å². The van der Waals surface area contributed by atoms with E-state index >= 15 is 0 Å². The van der Waals surface area contributed by atoms with Crippen LogP contribution in [0.2, 0.25) is 5.02 Å². The number of carbonyl (C=O) groups is 2. The minimum atomic E-state index is -5.15. The number of carbonyl (C=O) groups excluding carboxylic acids is 2. The summed E-state index contributed by atoms with van der Waals surface area (Å²) in [4.78, 5) is 24.1. The van der Waals surface area contributed by atoms with Crippen molar-refractivity contribution in [3.05, 3.63) is 53.2 Å². The van der Waals surface area contributed by atoms with Gasteiger partial charge in [-0.25, -0.2) is 4.79 Å². The smallest absolute Gasteiger partial charge is 0.454 e. The minimum absolute atomic E-state index is 0.117. The normalized spacial score (nSPS) is 12.1. The molecular formula is C21H17ClF3NO4. The molecule has 0 radical (unpaired) electrons. The number of rotatable bonds is 3. The van der Waals surface area contributed by atoms with Crippen molar-refractivity contribution in [3.8, 4) is 11.1 Å².